The highest BCUT2D eigenvalue weighted by Crippen LogP contribution is 2.48. The van der Waals surface area contributed by atoms with Crippen molar-refractivity contribution in [2.24, 2.45) is 0 Å². The molecule has 3 N–H and O–H groups in total. The number of hydrogen-bond donors (Lipinski definition) is 3. The van der Waals surface area contributed by atoms with E-state index in [1.165, 1.54) is 64.7 Å². The molecule has 0 aliphatic carbocycles. The number of nitrogens with one attached hydrogen (secondary N) is 1. The van der Waals surface area contributed by atoms with Gasteiger partial charge in [0.05, 0.1) is 12.7 Å². The van der Waals surface area contributed by atoms with Gasteiger partial charge in [-0.2, -0.15) is 0 Å². The predicted molar refractivity (Wildman–Crippen MR) is 115 cm³/mol. The first-order chi connectivity index (χ1) is 13.9. The standard InChI is InChI=1S/C21H42NO6P/c1-3-4-5-6-7-8-9-10-11-12-13-14-15-19(21(25)20(24)18(2)23)28-29(26)22-16-17-27-29/h18-20,23-24H,3-17H2,1-2H3,(H,22,26). The molecule has 0 aromatic carbocycles. The monoisotopic (exact) mass is 435 g/mol. The minimum Gasteiger partial charge on any atom is -0.390 e. The zero-order valence-corrected chi connectivity index (χ0v) is 19.2. The Kier molecular flexibility index (Phi) is 14.3. The van der Waals surface area contributed by atoms with E-state index in [0.29, 0.717) is 13.0 Å². The molecule has 7 nitrogen and oxygen atoms in total. The van der Waals surface area contributed by atoms with Crippen molar-refractivity contribution in [2.45, 2.75) is 116 Å². The van der Waals surface area contributed by atoms with E-state index in [4.69, 9.17) is 9.05 Å². The molecule has 1 heterocycles. The topological polar surface area (TPSA) is 105 Å². The number of aliphatic hydroxyl groups is 2. The van der Waals surface area contributed by atoms with Crippen LogP contribution >= 0.6 is 7.75 Å². The first kappa shape index (κ1) is 26.7. The second kappa shape index (κ2) is 15.5. The van der Waals surface area contributed by atoms with Gasteiger partial charge in [-0.1, -0.05) is 84.0 Å². The van der Waals surface area contributed by atoms with Crippen molar-refractivity contribution >= 4 is 13.5 Å². The summed E-state index contributed by atoms with van der Waals surface area (Å²) in [6.07, 6.45) is 11.0. The van der Waals surface area contributed by atoms with Crippen molar-refractivity contribution in [3.05, 3.63) is 0 Å². The average molecular weight is 436 g/mol. The third-order valence-electron chi connectivity index (χ3n) is 5.32. The zero-order valence-electron chi connectivity index (χ0n) is 18.3. The predicted octanol–water partition coefficient (Wildman–Crippen LogP) is 4.50. The molecule has 0 radical (unpaired) electrons. The van der Waals surface area contributed by atoms with Crippen molar-refractivity contribution in [3.8, 4) is 0 Å². The van der Waals surface area contributed by atoms with Gasteiger partial charge in [0.15, 0.2) is 5.78 Å². The van der Waals surface area contributed by atoms with E-state index in [-0.39, 0.29) is 6.61 Å². The molecule has 0 saturated carbocycles. The number of hydrogen-bond acceptors (Lipinski definition) is 6. The van der Waals surface area contributed by atoms with Crippen LogP contribution in [-0.4, -0.2) is 47.5 Å². The maximum Gasteiger partial charge on any atom is 0.406 e. The summed E-state index contributed by atoms with van der Waals surface area (Å²) in [4.78, 5) is 12.4. The first-order valence-corrected chi connectivity index (χ1v) is 13.0. The second-order valence-corrected chi connectivity index (χ2v) is 9.88. The third kappa shape index (κ3) is 11.6. The lowest BCUT2D eigenvalue weighted by Gasteiger charge is -2.23. The number of carbonyl (C=O) groups is 1. The number of unbranched alkanes of at least 4 members (excludes halogenated alkanes) is 11. The van der Waals surface area contributed by atoms with Crippen LogP contribution < -0.4 is 5.09 Å². The van der Waals surface area contributed by atoms with Gasteiger partial charge in [-0.15, -0.1) is 0 Å². The summed E-state index contributed by atoms with van der Waals surface area (Å²) in [7, 11) is -3.50. The number of ketones is 1. The lowest BCUT2D eigenvalue weighted by molar-refractivity contribution is -0.140. The van der Waals surface area contributed by atoms with Crippen LogP contribution in [0.25, 0.3) is 0 Å². The van der Waals surface area contributed by atoms with E-state index < -0.39 is 31.8 Å². The molecule has 1 aliphatic rings. The molecule has 29 heavy (non-hydrogen) atoms. The molecule has 1 aliphatic heterocycles. The maximum absolute atomic E-state index is 12.4. The molecule has 4 unspecified atom stereocenters. The highest BCUT2D eigenvalue weighted by atomic mass is 31.2. The van der Waals surface area contributed by atoms with E-state index in [2.05, 4.69) is 12.0 Å². The Morgan fingerprint density at radius 1 is 1.00 bits per heavy atom. The highest BCUT2D eigenvalue weighted by molar-refractivity contribution is 7.51. The summed E-state index contributed by atoms with van der Waals surface area (Å²) >= 11 is 0. The Hall–Kier alpha value is -0.300. The molecule has 8 heteroatoms. The SMILES string of the molecule is CCCCCCCCCCCCCCC(OP1(=O)NCCO1)C(=O)C(O)C(C)O. The molecule has 1 fully saturated rings. The Balaban J connectivity index is 2.23. The van der Waals surface area contributed by atoms with Gasteiger partial charge >= 0.3 is 7.75 Å². The molecule has 0 bridgehead atoms. The average Bonchev–Trinajstić information content (AvgIpc) is 3.12. The second-order valence-electron chi connectivity index (χ2n) is 8.10. The van der Waals surface area contributed by atoms with E-state index in [1.54, 1.807) is 0 Å². The Labute approximate surface area is 176 Å². The normalized spacial score (nSPS) is 22.5. The Bertz CT molecular complexity index is 478. The van der Waals surface area contributed by atoms with Gasteiger partial charge in [0.1, 0.15) is 12.2 Å². The van der Waals surface area contributed by atoms with E-state index in [0.717, 1.165) is 19.3 Å². The summed E-state index contributed by atoms with van der Waals surface area (Å²) in [5.74, 6) is -0.643. The first-order valence-electron chi connectivity index (χ1n) is 11.5. The smallest absolute Gasteiger partial charge is 0.390 e. The lowest BCUT2D eigenvalue weighted by Crippen LogP contribution is -2.40. The van der Waals surface area contributed by atoms with Gasteiger partial charge in [0.25, 0.3) is 0 Å². The van der Waals surface area contributed by atoms with Crippen LogP contribution in [0.4, 0.5) is 0 Å². The van der Waals surface area contributed by atoms with Crippen molar-refractivity contribution in [3.63, 3.8) is 0 Å². The van der Waals surface area contributed by atoms with Gasteiger partial charge in [-0.3, -0.25) is 13.8 Å². The van der Waals surface area contributed by atoms with Gasteiger partial charge in [0, 0.05) is 6.54 Å². The van der Waals surface area contributed by atoms with E-state index in [1.807, 2.05) is 0 Å². The fraction of sp³-hybridized carbons (Fsp3) is 0.952. The molecule has 1 rings (SSSR count). The van der Waals surface area contributed by atoms with E-state index >= 15 is 0 Å². The molecule has 172 valence electrons. The minimum absolute atomic E-state index is 0.260. The number of Topliss-reactive ketones (excluding diaryl/α,β-unsaturated/α-hetero) is 1. The lowest BCUT2D eigenvalue weighted by atomic mass is 10.00. The molecular weight excluding hydrogens is 393 g/mol. The van der Waals surface area contributed by atoms with Gasteiger partial charge < -0.3 is 10.2 Å². The van der Waals surface area contributed by atoms with Crippen LogP contribution in [0.15, 0.2) is 0 Å². The third-order valence-corrected chi connectivity index (χ3v) is 6.99. The van der Waals surface area contributed by atoms with Crippen LogP contribution in [0.3, 0.4) is 0 Å². The molecule has 1 saturated heterocycles. The molecule has 0 spiro atoms. The minimum atomic E-state index is -3.50. The number of aliphatic hydroxyl groups excluding tert-OH is 2. The van der Waals surface area contributed by atoms with Crippen LogP contribution in [0.1, 0.15) is 97.3 Å². The molecule has 0 aromatic rings. The summed E-state index contributed by atoms with van der Waals surface area (Å²) in [5.41, 5.74) is 0. The van der Waals surface area contributed by atoms with Crippen LogP contribution in [0.2, 0.25) is 0 Å². The van der Waals surface area contributed by atoms with Gasteiger partial charge in [-0.25, -0.2) is 9.65 Å². The number of rotatable bonds is 18. The van der Waals surface area contributed by atoms with Crippen molar-refractivity contribution in [1.82, 2.24) is 5.09 Å². The quantitative estimate of drug-likeness (QED) is 0.215. The van der Waals surface area contributed by atoms with Crippen molar-refractivity contribution in [2.75, 3.05) is 13.2 Å². The van der Waals surface area contributed by atoms with Crippen molar-refractivity contribution in [1.29, 1.82) is 0 Å². The Morgan fingerprint density at radius 2 is 1.52 bits per heavy atom. The summed E-state index contributed by atoms with van der Waals surface area (Å²) in [6.45, 7) is 4.24. The van der Waals surface area contributed by atoms with E-state index in [9.17, 15) is 19.6 Å². The summed E-state index contributed by atoms with van der Waals surface area (Å²) in [5, 5.41) is 22.0. The van der Waals surface area contributed by atoms with Crippen LogP contribution in [-0.2, 0) is 18.4 Å². The zero-order chi connectivity index (χ0) is 21.5. The summed E-state index contributed by atoms with van der Waals surface area (Å²) in [6, 6.07) is 0. The highest BCUT2D eigenvalue weighted by Gasteiger charge is 2.38. The van der Waals surface area contributed by atoms with Gasteiger partial charge in [-0.05, 0) is 13.3 Å². The number of carbonyl (C=O) groups excluding carboxylic acids is 1. The fourth-order valence-electron chi connectivity index (χ4n) is 3.48. The molecule has 0 aromatic heterocycles. The maximum atomic E-state index is 12.4. The molecule has 0 amide bonds. The Morgan fingerprint density at radius 3 is 1.97 bits per heavy atom. The molecular formula is C21H42NO6P. The fourth-order valence-corrected chi connectivity index (χ4v) is 4.94. The van der Waals surface area contributed by atoms with Crippen LogP contribution in [0, 0.1) is 0 Å². The van der Waals surface area contributed by atoms with Crippen LogP contribution in [0.5, 0.6) is 0 Å². The largest absolute Gasteiger partial charge is 0.406 e. The molecule has 4 atom stereocenters. The van der Waals surface area contributed by atoms with Gasteiger partial charge in [0.2, 0.25) is 0 Å². The summed E-state index contributed by atoms with van der Waals surface area (Å²) < 4.78 is 22.9. The van der Waals surface area contributed by atoms with Crippen molar-refractivity contribution < 1.29 is 28.6 Å².